The van der Waals surface area contributed by atoms with Crippen molar-refractivity contribution in [1.29, 1.82) is 0 Å². The predicted octanol–water partition coefficient (Wildman–Crippen LogP) is 4.90. The minimum absolute atomic E-state index is 0.113. The van der Waals surface area contributed by atoms with E-state index in [0.29, 0.717) is 30.0 Å². The molecule has 0 unspecified atom stereocenters. The summed E-state index contributed by atoms with van der Waals surface area (Å²) >= 11 is 0. The van der Waals surface area contributed by atoms with Crippen LogP contribution in [-0.2, 0) is 11.0 Å². The fourth-order valence-corrected chi connectivity index (χ4v) is 3.91. The molecule has 0 spiro atoms. The van der Waals surface area contributed by atoms with E-state index in [0.717, 1.165) is 31.4 Å². The van der Waals surface area contributed by atoms with E-state index in [1.165, 1.54) is 12.1 Å². The Bertz CT molecular complexity index is 1000. The minimum atomic E-state index is -4.46. The van der Waals surface area contributed by atoms with Crippen molar-refractivity contribution in [3.63, 3.8) is 0 Å². The van der Waals surface area contributed by atoms with Gasteiger partial charge in [0.2, 0.25) is 12.7 Å². The Morgan fingerprint density at radius 2 is 1.50 bits per heavy atom. The maximum absolute atomic E-state index is 13.2. The van der Waals surface area contributed by atoms with Crippen molar-refractivity contribution < 1.29 is 32.2 Å². The Balaban J connectivity index is 1.45. The number of fused-ring (bicyclic) bond motifs is 1. The maximum Gasteiger partial charge on any atom is 0.416 e. The largest absolute Gasteiger partial charge is 0.454 e. The van der Waals surface area contributed by atoms with Crippen molar-refractivity contribution in [2.24, 2.45) is 0 Å². The molecule has 2 aromatic carbocycles. The molecule has 1 heterocycles. The van der Waals surface area contributed by atoms with Gasteiger partial charge in [-0.25, -0.2) is 4.79 Å². The second-order valence-electron chi connectivity index (χ2n) is 7.82. The Morgan fingerprint density at radius 3 is 2.19 bits per heavy atom. The lowest BCUT2D eigenvalue weighted by molar-refractivity contribution is -0.137. The van der Waals surface area contributed by atoms with Crippen LogP contribution in [0.25, 0.3) is 0 Å². The molecule has 4 rings (SSSR count). The van der Waals surface area contributed by atoms with Crippen molar-refractivity contribution in [3.8, 4) is 11.5 Å². The molecule has 3 N–H and O–H groups in total. The van der Waals surface area contributed by atoms with E-state index in [-0.39, 0.29) is 18.4 Å². The lowest BCUT2D eigenvalue weighted by Crippen LogP contribution is -2.58. The van der Waals surface area contributed by atoms with E-state index in [1.54, 1.807) is 18.2 Å². The first-order valence-corrected chi connectivity index (χ1v) is 10.2. The van der Waals surface area contributed by atoms with Crippen LogP contribution in [0.4, 0.5) is 29.3 Å². The molecule has 1 saturated carbocycles. The number of ether oxygens (including phenoxy) is 2. The van der Waals surface area contributed by atoms with Crippen LogP contribution in [0.5, 0.6) is 11.5 Å². The summed E-state index contributed by atoms with van der Waals surface area (Å²) in [5.74, 6) is 0.747. The zero-order valence-electron chi connectivity index (χ0n) is 17.1. The third kappa shape index (κ3) is 4.74. The molecule has 2 aliphatic rings. The molecule has 7 nitrogen and oxygen atoms in total. The molecule has 1 aliphatic heterocycles. The van der Waals surface area contributed by atoms with Crippen molar-refractivity contribution in [3.05, 3.63) is 48.0 Å². The first-order chi connectivity index (χ1) is 15.2. The third-order valence-electron chi connectivity index (χ3n) is 5.60. The molecule has 2 aromatic rings. The van der Waals surface area contributed by atoms with Crippen molar-refractivity contribution >= 4 is 23.3 Å². The van der Waals surface area contributed by atoms with Gasteiger partial charge in [-0.3, -0.25) is 4.79 Å². The normalized spacial score (nSPS) is 16.8. The van der Waals surface area contributed by atoms with Gasteiger partial charge in [0.15, 0.2) is 11.5 Å². The van der Waals surface area contributed by atoms with E-state index in [4.69, 9.17) is 9.47 Å². The molecule has 32 heavy (non-hydrogen) atoms. The first kappa shape index (κ1) is 21.8. The number of alkyl halides is 3. The van der Waals surface area contributed by atoms with Crippen LogP contribution < -0.4 is 25.4 Å². The van der Waals surface area contributed by atoms with Crippen LogP contribution >= 0.6 is 0 Å². The minimum Gasteiger partial charge on any atom is -0.454 e. The van der Waals surface area contributed by atoms with Crippen molar-refractivity contribution in [2.45, 2.75) is 43.8 Å². The summed E-state index contributed by atoms with van der Waals surface area (Å²) in [6, 6.07) is 8.48. The summed E-state index contributed by atoms with van der Waals surface area (Å²) < 4.78 is 48.8. The number of hydrogen-bond acceptors (Lipinski definition) is 4. The van der Waals surface area contributed by atoms with Gasteiger partial charge >= 0.3 is 12.2 Å². The standard InChI is InChI=1S/C22H22F3N3O4/c23-22(24,25)14-4-6-15(7-5-14)27-20(30)28-21(10-2-1-3-11-21)19(29)26-16-8-9-17-18(12-16)32-13-31-17/h4-9,12H,1-3,10-11,13H2,(H,26,29)(H2,27,28,30). The van der Waals surface area contributed by atoms with Crippen molar-refractivity contribution in [1.82, 2.24) is 5.32 Å². The SMILES string of the molecule is O=C(Nc1ccc(C(F)(F)F)cc1)NC1(C(=O)Nc2ccc3c(c2)OCO3)CCCCC1. The van der Waals surface area contributed by atoms with Gasteiger partial charge in [-0.05, 0) is 49.2 Å². The summed E-state index contributed by atoms with van der Waals surface area (Å²) in [4.78, 5) is 25.8. The highest BCUT2D eigenvalue weighted by atomic mass is 19.4. The molecular weight excluding hydrogens is 427 g/mol. The number of hydrogen-bond donors (Lipinski definition) is 3. The highest BCUT2D eigenvalue weighted by Crippen LogP contribution is 2.35. The number of carbonyl (C=O) groups excluding carboxylic acids is 2. The fourth-order valence-electron chi connectivity index (χ4n) is 3.91. The number of rotatable bonds is 4. The second-order valence-corrected chi connectivity index (χ2v) is 7.82. The van der Waals surface area contributed by atoms with E-state index in [2.05, 4.69) is 16.0 Å². The lowest BCUT2D eigenvalue weighted by atomic mass is 9.81. The van der Waals surface area contributed by atoms with Crippen LogP contribution in [0.3, 0.4) is 0 Å². The van der Waals surface area contributed by atoms with Crippen LogP contribution in [0.15, 0.2) is 42.5 Å². The first-order valence-electron chi connectivity index (χ1n) is 10.2. The molecule has 0 saturated heterocycles. The summed E-state index contributed by atoms with van der Waals surface area (Å²) in [6.07, 6.45) is -1.10. The Labute approximate surface area is 182 Å². The number of halogens is 3. The molecule has 0 bridgehead atoms. The Hall–Kier alpha value is -3.43. The summed E-state index contributed by atoms with van der Waals surface area (Å²) in [5.41, 5.74) is -1.24. The van der Waals surface area contributed by atoms with Gasteiger partial charge in [-0.1, -0.05) is 19.3 Å². The van der Waals surface area contributed by atoms with Crippen LogP contribution in [0.2, 0.25) is 0 Å². The van der Waals surface area contributed by atoms with E-state index >= 15 is 0 Å². The summed E-state index contributed by atoms with van der Waals surface area (Å²) in [7, 11) is 0. The summed E-state index contributed by atoms with van der Waals surface area (Å²) in [6.45, 7) is 0.113. The second kappa shape index (κ2) is 8.60. The topological polar surface area (TPSA) is 88.7 Å². The molecular formula is C22H22F3N3O4. The molecule has 1 fully saturated rings. The third-order valence-corrected chi connectivity index (χ3v) is 5.60. The van der Waals surface area contributed by atoms with Gasteiger partial charge in [0, 0.05) is 17.4 Å². The van der Waals surface area contributed by atoms with Crippen LogP contribution in [-0.4, -0.2) is 24.3 Å². The zero-order chi connectivity index (χ0) is 22.8. The van der Waals surface area contributed by atoms with Gasteiger partial charge in [-0.15, -0.1) is 0 Å². The van der Waals surface area contributed by atoms with Gasteiger partial charge in [0.05, 0.1) is 5.56 Å². The van der Waals surface area contributed by atoms with Crippen LogP contribution in [0, 0.1) is 0 Å². The van der Waals surface area contributed by atoms with Gasteiger partial charge in [0.25, 0.3) is 0 Å². The van der Waals surface area contributed by atoms with Gasteiger partial charge in [-0.2, -0.15) is 13.2 Å². The van der Waals surface area contributed by atoms with E-state index in [1.807, 2.05) is 0 Å². The van der Waals surface area contributed by atoms with Gasteiger partial charge < -0.3 is 25.4 Å². The number of anilines is 2. The average Bonchev–Trinajstić information content (AvgIpc) is 3.22. The molecule has 10 heteroatoms. The Kier molecular flexibility index (Phi) is 5.86. The average molecular weight is 449 g/mol. The molecule has 170 valence electrons. The predicted molar refractivity (Wildman–Crippen MR) is 111 cm³/mol. The number of amides is 3. The van der Waals surface area contributed by atoms with Gasteiger partial charge in [0.1, 0.15) is 5.54 Å². The number of urea groups is 1. The van der Waals surface area contributed by atoms with E-state index < -0.39 is 23.3 Å². The molecule has 3 amide bonds. The fraction of sp³-hybridized carbons (Fsp3) is 0.364. The quantitative estimate of drug-likeness (QED) is 0.620. The molecule has 0 radical (unpaired) electrons. The highest BCUT2D eigenvalue weighted by molar-refractivity contribution is 6.02. The number of benzene rings is 2. The monoisotopic (exact) mass is 449 g/mol. The Morgan fingerprint density at radius 1 is 0.844 bits per heavy atom. The van der Waals surface area contributed by atoms with Crippen molar-refractivity contribution in [2.75, 3.05) is 17.4 Å². The zero-order valence-corrected chi connectivity index (χ0v) is 17.1. The lowest BCUT2D eigenvalue weighted by Gasteiger charge is -2.36. The smallest absolute Gasteiger partial charge is 0.416 e. The maximum atomic E-state index is 13.2. The molecule has 0 atom stereocenters. The highest BCUT2D eigenvalue weighted by Gasteiger charge is 2.41. The number of carbonyl (C=O) groups is 2. The summed E-state index contributed by atoms with van der Waals surface area (Å²) in [5, 5.41) is 8.10. The number of nitrogens with one attached hydrogen (secondary N) is 3. The van der Waals surface area contributed by atoms with Crippen LogP contribution in [0.1, 0.15) is 37.7 Å². The molecule has 0 aromatic heterocycles. The van der Waals surface area contributed by atoms with E-state index in [9.17, 15) is 22.8 Å². The molecule has 1 aliphatic carbocycles.